The van der Waals surface area contributed by atoms with Gasteiger partial charge in [-0.1, -0.05) is 15.9 Å². The number of pyridine rings is 1. The highest BCUT2D eigenvalue weighted by atomic mass is 79.9. The van der Waals surface area contributed by atoms with E-state index in [1.165, 1.54) is 10.5 Å². The first kappa shape index (κ1) is 14.7. The number of aromatic nitrogens is 1. The van der Waals surface area contributed by atoms with Crippen LogP contribution in [0.3, 0.4) is 0 Å². The lowest BCUT2D eigenvalue weighted by Crippen LogP contribution is -2.49. The van der Waals surface area contributed by atoms with Crippen LogP contribution in [0.25, 0.3) is 0 Å². The van der Waals surface area contributed by atoms with Gasteiger partial charge in [-0.15, -0.1) is 0 Å². The second kappa shape index (κ2) is 5.74. The quantitative estimate of drug-likeness (QED) is 0.899. The molecule has 1 fully saturated rings. The molecule has 6 nitrogen and oxygen atoms in total. The molecule has 8 heteroatoms. The second-order valence-corrected chi connectivity index (χ2v) is 7.13. The van der Waals surface area contributed by atoms with Crippen LogP contribution in [0.15, 0.2) is 22.8 Å². The average molecular weight is 350 g/mol. The average Bonchev–Trinajstić information content (AvgIpc) is 2.26. The summed E-state index contributed by atoms with van der Waals surface area (Å²) >= 11 is 3.28. The van der Waals surface area contributed by atoms with Gasteiger partial charge < -0.3 is 4.74 Å². The number of ether oxygens (including phenoxy) is 1. The lowest BCUT2D eigenvalue weighted by Gasteiger charge is -2.34. The van der Waals surface area contributed by atoms with Crippen molar-refractivity contribution in [2.45, 2.75) is 26.1 Å². The monoisotopic (exact) mass is 349 g/mol. The van der Waals surface area contributed by atoms with Gasteiger partial charge in [0.2, 0.25) is 0 Å². The Balaban J connectivity index is 2.14. The van der Waals surface area contributed by atoms with E-state index in [4.69, 9.17) is 4.74 Å². The van der Waals surface area contributed by atoms with Crippen LogP contribution in [0.4, 0.5) is 5.82 Å². The van der Waals surface area contributed by atoms with Gasteiger partial charge in [-0.2, -0.15) is 12.7 Å². The van der Waals surface area contributed by atoms with E-state index < -0.39 is 10.2 Å². The molecule has 0 radical (unpaired) electrons. The first-order chi connectivity index (χ1) is 8.87. The summed E-state index contributed by atoms with van der Waals surface area (Å²) in [5, 5.41) is 0. The number of rotatable bonds is 3. The molecule has 1 aliphatic heterocycles. The fourth-order valence-electron chi connectivity index (χ4n) is 1.98. The minimum Gasteiger partial charge on any atom is -0.373 e. The van der Waals surface area contributed by atoms with Crippen LogP contribution in [-0.4, -0.2) is 43.0 Å². The van der Waals surface area contributed by atoms with Gasteiger partial charge >= 0.3 is 10.2 Å². The molecule has 0 spiro atoms. The third-order valence-corrected chi connectivity index (χ3v) is 4.62. The maximum Gasteiger partial charge on any atom is 0.302 e. The van der Waals surface area contributed by atoms with E-state index in [0.29, 0.717) is 18.9 Å². The zero-order chi connectivity index (χ0) is 14.0. The molecule has 2 atom stereocenters. The first-order valence-corrected chi connectivity index (χ1v) is 8.15. The minimum atomic E-state index is -3.60. The van der Waals surface area contributed by atoms with Crippen molar-refractivity contribution in [3.8, 4) is 0 Å². The summed E-state index contributed by atoms with van der Waals surface area (Å²) in [6.07, 6.45) is 1.30. The highest BCUT2D eigenvalue weighted by Crippen LogP contribution is 2.18. The molecule has 2 rings (SSSR count). The van der Waals surface area contributed by atoms with E-state index in [2.05, 4.69) is 25.6 Å². The fourth-order valence-corrected chi connectivity index (χ4v) is 3.64. The van der Waals surface area contributed by atoms with Crippen molar-refractivity contribution >= 4 is 32.0 Å². The van der Waals surface area contributed by atoms with Crippen LogP contribution in [0, 0.1) is 0 Å². The SMILES string of the molecule is CC1CN(S(=O)(=O)Nc2cc(Br)ccn2)CC(C)O1. The van der Waals surface area contributed by atoms with Crippen molar-refractivity contribution in [3.05, 3.63) is 22.8 Å². The lowest BCUT2D eigenvalue weighted by molar-refractivity contribution is -0.0439. The van der Waals surface area contributed by atoms with Gasteiger partial charge in [-0.3, -0.25) is 4.72 Å². The lowest BCUT2D eigenvalue weighted by atomic mass is 10.3. The Morgan fingerprint density at radius 1 is 1.42 bits per heavy atom. The van der Waals surface area contributed by atoms with Crippen molar-refractivity contribution < 1.29 is 13.2 Å². The van der Waals surface area contributed by atoms with Crippen LogP contribution in [0.2, 0.25) is 0 Å². The van der Waals surface area contributed by atoms with Gasteiger partial charge in [0.1, 0.15) is 5.82 Å². The predicted octanol–water partition coefficient (Wildman–Crippen LogP) is 1.61. The van der Waals surface area contributed by atoms with E-state index in [-0.39, 0.29) is 12.2 Å². The van der Waals surface area contributed by atoms with E-state index >= 15 is 0 Å². The third-order valence-electron chi connectivity index (χ3n) is 2.68. The highest BCUT2D eigenvalue weighted by molar-refractivity contribution is 9.10. The molecule has 1 saturated heterocycles. The number of hydrogen-bond acceptors (Lipinski definition) is 4. The maximum atomic E-state index is 12.3. The van der Waals surface area contributed by atoms with E-state index in [9.17, 15) is 8.42 Å². The van der Waals surface area contributed by atoms with Crippen LogP contribution >= 0.6 is 15.9 Å². The Bertz CT molecular complexity index is 542. The van der Waals surface area contributed by atoms with Gasteiger partial charge in [0.25, 0.3) is 0 Å². The van der Waals surface area contributed by atoms with Crippen LogP contribution in [0.5, 0.6) is 0 Å². The molecule has 2 unspecified atom stereocenters. The summed E-state index contributed by atoms with van der Waals surface area (Å²) in [5.74, 6) is 0.293. The molecule has 1 aromatic rings. The van der Waals surface area contributed by atoms with Gasteiger partial charge in [0.15, 0.2) is 0 Å². The maximum absolute atomic E-state index is 12.3. The van der Waals surface area contributed by atoms with Crippen LogP contribution in [0.1, 0.15) is 13.8 Å². The van der Waals surface area contributed by atoms with Crippen LogP contribution in [-0.2, 0) is 14.9 Å². The largest absolute Gasteiger partial charge is 0.373 e. The summed E-state index contributed by atoms with van der Waals surface area (Å²) in [5.41, 5.74) is 0. The second-order valence-electron chi connectivity index (χ2n) is 4.54. The minimum absolute atomic E-state index is 0.115. The third kappa shape index (κ3) is 3.88. The Hall–Kier alpha value is -0.700. The zero-order valence-corrected chi connectivity index (χ0v) is 13.1. The summed E-state index contributed by atoms with van der Waals surface area (Å²) in [6.45, 7) is 4.40. The van der Waals surface area contributed by atoms with Crippen molar-refractivity contribution in [2.75, 3.05) is 17.8 Å². The molecule has 1 N–H and O–H groups in total. The Kier molecular flexibility index (Phi) is 4.44. The molecule has 0 saturated carbocycles. The highest BCUT2D eigenvalue weighted by Gasteiger charge is 2.31. The normalized spacial score (nSPS) is 25.2. The van der Waals surface area contributed by atoms with Gasteiger partial charge in [-0.25, -0.2) is 4.98 Å². The Morgan fingerprint density at radius 3 is 2.63 bits per heavy atom. The molecule has 0 aliphatic carbocycles. The molecule has 2 heterocycles. The van der Waals surface area contributed by atoms with E-state index in [1.54, 1.807) is 12.1 Å². The molecular formula is C11H16BrN3O3S. The molecule has 106 valence electrons. The van der Waals surface area contributed by atoms with Crippen molar-refractivity contribution in [1.29, 1.82) is 0 Å². The summed E-state index contributed by atoms with van der Waals surface area (Å²) in [7, 11) is -3.60. The van der Waals surface area contributed by atoms with Crippen molar-refractivity contribution in [2.24, 2.45) is 0 Å². The Labute approximate surface area is 121 Å². The molecule has 0 amide bonds. The Morgan fingerprint density at radius 2 is 2.05 bits per heavy atom. The predicted molar refractivity (Wildman–Crippen MR) is 76.1 cm³/mol. The number of morpholine rings is 1. The van der Waals surface area contributed by atoms with Crippen LogP contribution < -0.4 is 4.72 Å². The van der Waals surface area contributed by atoms with Gasteiger partial charge in [-0.05, 0) is 26.0 Å². The molecule has 19 heavy (non-hydrogen) atoms. The number of hydrogen-bond donors (Lipinski definition) is 1. The molecule has 0 aromatic carbocycles. The standard InChI is InChI=1S/C11H16BrN3O3S/c1-8-6-15(7-9(2)18-8)19(16,17)14-11-5-10(12)3-4-13-11/h3-5,8-9H,6-7H2,1-2H3,(H,13,14). The molecule has 1 aromatic heterocycles. The molecular weight excluding hydrogens is 334 g/mol. The number of anilines is 1. The molecule has 1 aliphatic rings. The van der Waals surface area contributed by atoms with Gasteiger partial charge in [0.05, 0.1) is 12.2 Å². The topological polar surface area (TPSA) is 71.5 Å². The van der Waals surface area contributed by atoms with E-state index in [1.807, 2.05) is 13.8 Å². The summed E-state index contributed by atoms with van der Waals surface area (Å²) in [4.78, 5) is 3.98. The number of nitrogens with zero attached hydrogens (tertiary/aromatic N) is 2. The fraction of sp³-hybridized carbons (Fsp3) is 0.545. The van der Waals surface area contributed by atoms with E-state index in [0.717, 1.165) is 4.47 Å². The van der Waals surface area contributed by atoms with Gasteiger partial charge in [0, 0.05) is 23.8 Å². The smallest absolute Gasteiger partial charge is 0.302 e. The zero-order valence-electron chi connectivity index (χ0n) is 10.7. The summed E-state index contributed by atoms with van der Waals surface area (Å²) < 4.78 is 34.7. The summed E-state index contributed by atoms with van der Waals surface area (Å²) in [6, 6.07) is 3.35. The first-order valence-electron chi connectivity index (χ1n) is 5.92. The number of halogens is 1. The van der Waals surface area contributed by atoms with Crippen molar-refractivity contribution in [3.63, 3.8) is 0 Å². The number of nitrogens with one attached hydrogen (secondary N) is 1. The molecule has 0 bridgehead atoms. The van der Waals surface area contributed by atoms with Crippen molar-refractivity contribution in [1.82, 2.24) is 9.29 Å².